The van der Waals surface area contributed by atoms with Crippen LogP contribution in [-0.2, 0) is 6.42 Å². The second-order valence-electron chi connectivity index (χ2n) is 3.73. The number of hydrogen-bond acceptors (Lipinski definition) is 3. The van der Waals surface area contributed by atoms with Gasteiger partial charge < -0.3 is 4.90 Å². The van der Waals surface area contributed by atoms with Gasteiger partial charge in [-0.2, -0.15) is 0 Å². The maximum Gasteiger partial charge on any atom is 0.132 e. The van der Waals surface area contributed by atoms with E-state index in [0.29, 0.717) is 5.88 Å². The van der Waals surface area contributed by atoms with E-state index in [0.717, 1.165) is 23.8 Å². The molecule has 0 aliphatic carbocycles. The number of aromatic nitrogens is 2. The van der Waals surface area contributed by atoms with Crippen molar-refractivity contribution in [3.05, 3.63) is 17.6 Å². The molecule has 0 aromatic carbocycles. The second kappa shape index (κ2) is 5.31. The van der Waals surface area contributed by atoms with E-state index in [4.69, 9.17) is 11.6 Å². The van der Waals surface area contributed by atoms with E-state index in [-0.39, 0.29) is 6.04 Å². The van der Waals surface area contributed by atoms with E-state index in [1.165, 1.54) is 0 Å². The van der Waals surface area contributed by atoms with Gasteiger partial charge in [-0.1, -0.05) is 6.92 Å². The first-order valence-corrected chi connectivity index (χ1v) is 5.75. The molecule has 3 nitrogen and oxygen atoms in total. The predicted octanol–water partition coefficient (Wildman–Crippen LogP) is 2.41. The summed E-state index contributed by atoms with van der Waals surface area (Å²) in [6.45, 7) is 6.09. The van der Waals surface area contributed by atoms with Crippen LogP contribution >= 0.6 is 11.6 Å². The first-order valence-electron chi connectivity index (χ1n) is 5.21. The molecule has 15 heavy (non-hydrogen) atoms. The zero-order valence-electron chi connectivity index (χ0n) is 9.79. The Morgan fingerprint density at radius 1 is 1.47 bits per heavy atom. The minimum Gasteiger partial charge on any atom is -0.356 e. The summed E-state index contributed by atoms with van der Waals surface area (Å²) in [5, 5.41) is 0. The molecule has 0 aliphatic heterocycles. The molecule has 0 saturated heterocycles. The molecule has 1 rings (SSSR count). The summed E-state index contributed by atoms with van der Waals surface area (Å²) in [4.78, 5) is 10.8. The van der Waals surface area contributed by atoms with Crippen LogP contribution in [0.25, 0.3) is 0 Å². The summed E-state index contributed by atoms with van der Waals surface area (Å²) in [6, 6.07) is 2.31. The number of hydrogen-bond donors (Lipinski definition) is 0. The molecule has 0 aliphatic rings. The standard InChI is InChI=1S/C11H18ClN3/c1-5-10-6-11(14-9(3)13-10)15(4)8(2)7-12/h6,8H,5,7H2,1-4H3. The monoisotopic (exact) mass is 227 g/mol. The average Bonchev–Trinajstić information content (AvgIpc) is 2.26. The van der Waals surface area contributed by atoms with Crippen LogP contribution < -0.4 is 4.90 Å². The van der Waals surface area contributed by atoms with Crippen molar-refractivity contribution < 1.29 is 0 Å². The van der Waals surface area contributed by atoms with Gasteiger partial charge in [0.1, 0.15) is 11.6 Å². The third kappa shape index (κ3) is 3.06. The highest BCUT2D eigenvalue weighted by Gasteiger charge is 2.11. The Hall–Kier alpha value is -0.830. The number of rotatable bonds is 4. The molecule has 1 aromatic rings. The van der Waals surface area contributed by atoms with E-state index >= 15 is 0 Å². The highest BCUT2D eigenvalue weighted by atomic mass is 35.5. The summed E-state index contributed by atoms with van der Waals surface area (Å²) >= 11 is 5.83. The van der Waals surface area contributed by atoms with Crippen molar-refractivity contribution in [2.24, 2.45) is 0 Å². The first-order chi connectivity index (χ1) is 7.08. The van der Waals surface area contributed by atoms with Gasteiger partial charge in [0.05, 0.1) is 0 Å². The van der Waals surface area contributed by atoms with Crippen LogP contribution in [0.15, 0.2) is 6.07 Å². The largest absolute Gasteiger partial charge is 0.356 e. The fourth-order valence-electron chi connectivity index (χ4n) is 1.30. The summed E-state index contributed by atoms with van der Waals surface area (Å²) in [5.74, 6) is 2.37. The van der Waals surface area contributed by atoms with E-state index in [1.807, 2.05) is 20.0 Å². The molecule has 0 N–H and O–H groups in total. The van der Waals surface area contributed by atoms with Gasteiger partial charge in [-0.3, -0.25) is 0 Å². The molecule has 0 saturated carbocycles. The van der Waals surface area contributed by atoms with Gasteiger partial charge >= 0.3 is 0 Å². The maximum absolute atomic E-state index is 5.83. The van der Waals surface area contributed by atoms with Crippen molar-refractivity contribution in [2.45, 2.75) is 33.2 Å². The third-order valence-electron chi connectivity index (χ3n) is 2.49. The lowest BCUT2D eigenvalue weighted by atomic mass is 10.3. The van der Waals surface area contributed by atoms with E-state index in [2.05, 4.69) is 28.7 Å². The number of alkyl halides is 1. The van der Waals surface area contributed by atoms with Crippen molar-refractivity contribution in [3.63, 3.8) is 0 Å². The smallest absolute Gasteiger partial charge is 0.132 e. The number of aryl methyl sites for hydroxylation is 2. The molecule has 4 heteroatoms. The molecular weight excluding hydrogens is 210 g/mol. The van der Waals surface area contributed by atoms with Crippen LogP contribution in [0.1, 0.15) is 25.4 Å². The SMILES string of the molecule is CCc1cc(N(C)C(C)CCl)nc(C)n1. The van der Waals surface area contributed by atoms with Gasteiger partial charge in [-0.15, -0.1) is 11.6 Å². The lowest BCUT2D eigenvalue weighted by molar-refractivity contribution is 0.741. The molecular formula is C11H18ClN3. The Balaban J connectivity index is 2.97. The van der Waals surface area contributed by atoms with Gasteiger partial charge in [0, 0.05) is 30.7 Å². The molecule has 84 valence electrons. The minimum absolute atomic E-state index is 0.283. The number of halogens is 1. The van der Waals surface area contributed by atoms with Crippen LogP contribution in [-0.4, -0.2) is 28.9 Å². The zero-order valence-corrected chi connectivity index (χ0v) is 10.5. The average molecular weight is 228 g/mol. The number of nitrogens with zero attached hydrogens (tertiary/aromatic N) is 3. The Morgan fingerprint density at radius 2 is 2.13 bits per heavy atom. The quantitative estimate of drug-likeness (QED) is 0.740. The summed E-state index contributed by atoms with van der Waals surface area (Å²) in [5.41, 5.74) is 1.08. The highest BCUT2D eigenvalue weighted by Crippen LogP contribution is 2.14. The Kier molecular flexibility index (Phi) is 4.33. The van der Waals surface area contributed by atoms with Crippen LogP contribution in [0.4, 0.5) is 5.82 Å². The topological polar surface area (TPSA) is 29.0 Å². The molecule has 0 radical (unpaired) electrons. The fourth-order valence-corrected chi connectivity index (χ4v) is 1.51. The van der Waals surface area contributed by atoms with Crippen molar-refractivity contribution in [1.82, 2.24) is 9.97 Å². The molecule has 1 unspecified atom stereocenters. The van der Waals surface area contributed by atoms with Gasteiger partial charge in [-0.25, -0.2) is 9.97 Å². The van der Waals surface area contributed by atoms with Crippen LogP contribution in [0, 0.1) is 6.92 Å². The van der Waals surface area contributed by atoms with Gasteiger partial charge in [0.25, 0.3) is 0 Å². The molecule has 1 heterocycles. The molecule has 0 bridgehead atoms. The van der Waals surface area contributed by atoms with Gasteiger partial charge in [0.15, 0.2) is 0 Å². The normalized spacial score (nSPS) is 12.6. The van der Waals surface area contributed by atoms with Gasteiger partial charge in [0.2, 0.25) is 0 Å². The zero-order chi connectivity index (χ0) is 11.4. The van der Waals surface area contributed by atoms with Crippen molar-refractivity contribution in [3.8, 4) is 0 Å². The van der Waals surface area contributed by atoms with Crippen LogP contribution in [0.5, 0.6) is 0 Å². The third-order valence-corrected chi connectivity index (χ3v) is 2.93. The molecule has 0 spiro atoms. The molecule has 1 aromatic heterocycles. The van der Waals surface area contributed by atoms with Crippen molar-refractivity contribution >= 4 is 17.4 Å². The summed E-state index contributed by atoms with van der Waals surface area (Å²) in [6.07, 6.45) is 0.930. The lowest BCUT2D eigenvalue weighted by Gasteiger charge is -2.24. The molecule has 0 amide bonds. The molecule has 0 fully saturated rings. The van der Waals surface area contributed by atoms with Gasteiger partial charge in [-0.05, 0) is 20.3 Å². The summed E-state index contributed by atoms with van der Waals surface area (Å²) < 4.78 is 0. The van der Waals surface area contributed by atoms with Crippen LogP contribution in [0.2, 0.25) is 0 Å². The molecule has 1 atom stereocenters. The van der Waals surface area contributed by atoms with Crippen LogP contribution in [0.3, 0.4) is 0 Å². The number of anilines is 1. The van der Waals surface area contributed by atoms with E-state index in [9.17, 15) is 0 Å². The Morgan fingerprint density at radius 3 is 2.67 bits per heavy atom. The maximum atomic E-state index is 5.83. The summed E-state index contributed by atoms with van der Waals surface area (Å²) in [7, 11) is 2.01. The second-order valence-corrected chi connectivity index (χ2v) is 4.04. The predicted molar refractivity (Wildman–Crippen MR) is 64.7 cm³/mol. The van der Waals surface area contributed by atoms with E-state index < -0.39 is 0 Å². The van der Waals surface area contributed by atoms with Crippen molar-refractivity contribution in [2.75, 3.05) is 17.8 Å². The minimum atomic E-state index is 0.283. The Labute approximate surface area is 96.5 Å². The fraction of sp³-hybridized carbons (Fsp3) is 0.636. The highest BCUT2D eigenvalue weighted by molar-refractivity contribution is 6.18. The van der Waals surface area contributed by atoms with E-state index in [1.54, 1.807) is 0 Å². The van der Waals surface area contributed by atoms with Crippen molar-refractivity contribution in [1.29, 1.82) is 0 Å². The first kappa shape index (κ1) is 12.2. The lowest BCUT2D eigenvalue weighted by Crippen LogP contribution is -2.31. The Bertz CT molecular complexity index is 328.